The average molecular weight is 719 g/mol. The highest BCUT2D eigenvalue weighted by atomic mass is 16.1. The van der Waals surface area contributed by atoms with Crippen molar-refractivity contribution in [3.63, 3.8) is 0 Å². The smallest absolute Gasteiger partial charge is 0.220 e. The predicted molar refractivity (Wildman–Crippen MR) is 213 cm³/mol. The molecule has 2 aromatic rings. The van der Waals surface area contributed by atoms with Gasteiger partial charge in [-0.05, 0) is 137 Å². The van der Waals surface area contributed by atoms with E-state index in [1.165, 1.54) is 38.3 Å². The van der Waals surface area contributed by atoms with Crippen molar-refractivity contribution >= 4 is 35.2 Å². The Balaban J connectivity index is 0.938. The largest absolute Gasteiger partial charge is 0.382 e. The summed E-state index contributed by atoms with van der Waals surface area (Å²) in [6.07, 6.45) is 13.8. The highest BCUT2D eigenvalue weighted by Crippen LogP contribution is 2.57. The molecule has 3 N–H and O–H groups in total. The van der Waals surface area contributed by atoms with Gasteiger partial charge in [0.05, 0.1) is 0 Å². The highest BCUT2D eigenvalue weighted by Gasteiger charge is 2.48. The number of aromatic nitrogens is 1. The zero-order valence-electron chi connectivity index (χ0n) is 32.2. The number of allylic oxidation sites excluding steroid dienone is 4. The van der Waals surface area contributed by atoms with Crippen molar-refractivity contribution in [1.82, 2.24) is 15.2 Å². The monoisotopic (exact) mass is 718 g/mol. The number of hydrogen-bond acceptors (Lipinski definition) is 8. The molecule has 0 unspecified atom stereocenters. The van der Waals surface area contributed by atoms with Crippen molar-refractivity contribution < 1.29 is 14.4 Å². The number of nitrogens with zero attached hydrogens (tertiary/aromatic N) is 3. The maximum atomic E-state index is 13.8. The molecule has 0 atom stereocenters. The summed E-state index contributed by atoms with van der Waals surface area (Å²) in [7, 11) is 0. The van der Waals surface area contributed by atoms with Gasteiger partial charge in [0.25, 0.3) is 0 Å². The van der Waals surface area contributed by atoms with Crippen LogP contribution in [0.3, 0.4) is 0 Å². The number of Topliss-reactive ketones (excluding diaryl/α,β-unsaturated/α-hetero) is 2. The maximum Gasteiger partial charge on any atom is 0.220 e. The Morgan fingerprint density at radius 1 is 0.981 bits per heavy atom. The maximum absolute atomic E-state index is 13.8. The Morgan fingerprint density at radius 2 is 1.70 bits per heavy atom. The van der Waals surface area contributed by atoms with Gasteiger partial charge in [0.15, 0.2) is 11.6 Å². The number of rotatable bonds is 14. The third-order valence-corrected chi connectivity index (χ3v) is 12.8. The fraction of sp³-hybridized carbons (Fsp3) is 0.568. The van der Waals surface area contributed by atoms with Crippen LogP contribution in [0.15, 0.2) is 53.3 Å². The summed E-state index contributed by atoms with van der Waals surface area (Å²) in [6, 6.07) is 8.09. The van der Waals surface area contributed by atoms with Crippen LogP contribution in [0.2, 0.25) is 0 Å². The molecule has 2 heterocycles. The summed E-state index contributed by atoms with van der Waals surface area (Å²) in [6.45, 7) is 13.2. The predicted octanol–water partition coefficient (Wildman–Crippen LogP) is 7.47. The first-order chi connectivity index (χ1) is 25.5. The van der Waals surface area contributed by atoms with E-state index in [1.807, 2.05) is 52.1 Å². The number of anilines is 2. The zero-order valence-corrected chi connectivity index (χ0v) is 32.2. The van der Waals surface area contributed by atoms with Crippen LogP contribution < -0.4 is 15.5 Å². The first-order valence-corrected chi connectivity index (χ1v) is 20.1. The molecule has 1 aromatic heterocycles. The van der Waals surface area contributed by atoms with E-state index >= 15 is 0 Å². The second-order valence-corrected chi connectivity index (χ2v) is 17.0. The van der Waals surface area contributed by atoms with Gasteiger partial charge in [-0.2, -0.15) is 0 Å². The van der Waals surface area contributed by atoms with Crippen LogP contribution in [0, 0.1) is 35.0 Å². The van der Waals surface area contributed by atoms with Gasteiger partial charge in [-0.3, -0.25) is 19.3 Å². The molecule has 282 valence electrons. The SMILES string of the molecule is CC1=CC(C)=C(CCC(=O)c2cc(-c3ccc(N4CCN(CCNC(=O)CC5C6CC7CC(C6)CC5C7)CC4)nc3)cc(NC(C)C)c2C=N)C(=O)C1. The van der Waals surface area contributed by atoms with Crippen molar-refractivity contribution in [2.45, 2.75) is 91.5 Å². The van der Waals surface area contributed by atoms with E-state index in [0.29, 0.717) is 36.4 Å². The highest BCUT2D eigenvalue weighted by molar-refractivity contribution is 6.08. The lowest BCUT2D eigenvalue weighted by Crippen LogP contribution is -2.49. The fourth-order valence-electron chi connectivity index (χ4n) is 10.4. The summed E-state index contributed by atoms with van der Waals surface area (Å²) >= 11 is 0. The third kappa shape index (κ3) is 8.51. The Kier molecular flexibility index (Phi) is 11.3. The topological polar surface area (TPSA) is 118 Å². The molecule has 4 saturated carbocycles. The molecule has 4 bridgehead atoms. The number of nitrogens with one attached hydrogen (secondary N) is 3. The Bertz CT molecular complexity index is 1760. The Hall–Kier alpha value is -4.11. The first-order valence-electron chi connectivity index (χ1n) is 20.1. The van der Waals surface area contributed by atoms with E-state index in [2.05, 4.69) is 32.6 Å². The quantitative estimate of drug-likeness (QED) is 0.137. The molecule has 9 nitrogen and oxygen atoms in total. The van der Waals surface area contributed by atoms with Crippen molar-refractivity contribution in [3.8, 4) is 11.1 Å². The van der Waals surface area contributed by atoms with Gasteiger partial charge >= 0.3 is 0 Å². The number of carbonyl (C=O) groups is 3. The summed E-state index contributed by atoms with van der Waals surface area (Å²) in [5, 5.41) is 14.9. The molecule has 1 aliphatic heterocycles. The van der Waals surface area contributed by atoms with E-state index in [1.54, 1.807) is 0 Å². The van der Waals surface area contributed by atoms with Gasteiger partial charge in [0.1, 0.15) is 5.82 Å². The number of benzene rings is 1. The molecular weight excluding hydrogens is 661 g/mol. The van der Waals surface area contributed by atoms with Crippen molar-refractivity contribution in [3.05, 3.63) is 64.4 Å². The number of carbonyl (C=O) groups excluding carboxylic acids is 3. The lowest BCUT2D eigenvalue weighted by Gasteiger charge is -2.54. The third-order valence-electron chi connectivity index (χ3n) is 12.8. The molecule has 53 heavy (non-hydrogen) atoms. The minimum absolute atomic E-state index is 0.0822. The van der Waals surface area contributed by atoms with Crippen molar-refractivity contribution in [1.29, 1.82) is 5.41 Å². The van der Waals surface area contributed by atoms with Crippen LogP contribution in [0.4, 0.5) is 11.5 Å². The Labute approximate surface area is 315 Å². The molecule has 1 aromatic carbocycles. The number of pyridine rings is 1. The molecule has 1 amide bonds. The lowest BCUT2D eigenvalue weighted by molar-refractivity contribution is -0.126. The lowest BCUT2D eigenvalue weighted by atomic mass is 9.51. The van der Waals surface area contributed by atoms with Crippen molar-refractivity contribution in [2.75, 3.05) is 49.5 Å². The van der Waals surface area contributed by atoms with E-state index in [-0.39, 0.29) is 29.9 Å². The van der Waals surface area contributed by atoms with Gasteiger partial charge in [-0.25, -0.2) is 4.98 Å². The van der Waals surface area contributed by atoms with Gasteiger partial charge in [-0.1, -0.05) is 11.6 Å². The average Bonchev–Trinajstić information content (AvgIpc) is 3.12. The van der Waals surface area contributed by atoms with Crippen LogP contribution >= 0.6 is 0 Å². The van der Waals surface area contributed by atoms with E-state index in [0.717, 1.165) is 102 Å². The van der Waals surface area contributed by atoms with E-state index in [9.17, 15) is 14.4 Å². The first kappa shape index (κ1) is 37.2. The van der Waals surface area contributed by atoms with Crippen LogP contribution in [-0.2, 0) is 9.59 Å². The molecule has 6 aliphatic rings. The molecule has 0 radical (unpaired) electrons. The van der Waals surface area contributed by atoms with E-state index < -0.39 is 0 Å². The fourth-order valence-corrected chi connectivity index (χ4v) is 10.4. The Morgan fingerprint density at radius 3 is 2.32 bits per heavy atom. The van der Waals surface area contributed by atoms with Crippen molar-refractivity contribution in [2.24, 2.45) is 29.6 Å². The molecule has 8 rings (SSSR count). The molecule has 1 saturated heterocycles. The van der Waals surface area contributed by atoms with Crippen LogP contribution in [0.1, 0.15) is 101 Å². The summed E-state index contributed by atoms with van der Waals surface area (Å²) in [4.78, 5) is 49.0. The summed E-state index contributed by atoms with van der Waals surface area (Å²) in [5.41, 5.74) is 6.26. The molecule has 5 fully saturated rings. The number of hydrogen-bond donors (Lipinski definition) is 3. The molecule has 5 aliphatic carbocycles. The van der Waals surface area contributed by atoms with E-state index in [4.69, 9.17) is 10.4 Å². The van der Waals surface area contributed by atoms with Crippen LogP contribution in [0.5, 0.6) is 0 Å². The molecule has 9 heteroatoms. The minimum atomic E-state index is -0.0822. The zero-order chi connectivity index (χ0) is 37.2. The van der Waals surface area contributed by atoms with Crippen LogP contribution in [-0.4, -0.2) is 78.9 Å². The summed E-state index contributed by atoms with van der Waals surface area (Å²) in [5.74, 6) is 5.28. The van der Waals surface area contributed by atoms with Crippen LogP contribution in [0.25, 0.3) is 11.1 Å². The molecule has 0 spiro atoms. The number of ketones is 2. The van der Waals surface area contributed by atoms with Gasteiger partial charge < -0.3 is 20.9 Å². The minimum Gasteiger partial charge on any atom is -0.382 e. The number of amides is 1. The normalized spacial score (nSPS) is 25.5. The standard InChI is InChI=1S/C44H58N6O3/c1-27(2)48-40-23-33(22-38(39(40)25-45)41(51)7-6-36-29(4)15-28(3)16-42(36)52)32-5-8-43(47-26-32)50-13-11-49(12-14-50)10-9-46-44(53)24-37-34-18-30-17-31(20-34)21-35(37)19-30/h5,8,15,22-23,25-27,30-31,34-35,37,45,48H,6-7,9-14,16-21,24H2,1-4H3,(H,46,53). The van der Waals surface area contributed by atoms with Gasteiger partial charge in [0, 0.05) is 99.4 Å². The van der Waals surface area contributed by atoms with Gasteiger partial charge in [-0.15, -0.1) is 0 Å². The number of piperazine rings is 1. The second-order valence-electron chi connectivity index (χ2n) is 17.0. The molecular formula is C44H58N6O3. The second kappa shape index (κ2) is 16.1. The summed E-state index contributed by atoms with van der Waals surface area (Å²) < 4.78 is 0. The van der Waals surface area contributed by atoms with Gasteiger partial charge in [0.2, 0.25) is 5.91 Å².